The molecule has 1 aliphatic rings. The van der Waals surface area contributed by atoms with Gasteiger partial charge in [0.15, 0.2) is 6.61 Å². The lowest BCUT2D eigenvalue weighted by Gasteiger charge is -2.15. The van der Waals surface area contributed by atoms with Gasteiger partial charge in [-0.15, -0.1) is 0 Å². The molecule has 1 fully saturated rings. The summed E-state index contributed by atoms with van der Waals surface area (Å²) in [4.78, 5) is 27.4. The number of benzene rings is 1. The second-order valence-corrected chi connectivity index (χ2v) is 5.11. The molecule has 1 aliphatic heterocycles. The molecule has 2 N–H and O–H groups in total. The van der Waals surface area contributed by atoms with Crippen molar-refractivity contribution in [3.05, 3.63) is 30.0 Å². The first-order valence-electron chi connectivity index (χ1n) is 6.90. The number of H-pyrrole nitrogens is 1. The smallest absolute Gasteiger partial charge is 0.352 e. The first kappa shape index (κ1) is 13.5. The number of aromatic carboxylic acids is 1. The molecule has 0 radical (unpaired) electrons. The zero-order valence-electron chi connectivity index (χ0n) is 11.5. The number of rotatable bonds is 4. The highest BCUT2D eigenvalue weighted by molar-refractivity contribution is 5.94. The number of aromatic nitrogens is 1. The van der Waals surface area contributed by atoms with Gasteiger partial charge >= 0.3 is 5.97 Å². The Hall–Kier alpha value is -2.50. The minimum Gasteiger partial charge on any atom is -0.484 e. The van der Waals surface area contributed by atoms with E-state index < -0.39 is 5.97 Å². The van der Waals surface area contributed by atoms with Gasteiger partial charge in [-0.25, -0.2) is 4.79 Å². The summed E-state index contributed by atoms with van der Waals surface area (Å²) in [6.07, 6.45) is 2.11. The Morgan fingerprint density at radius 1 is 1.24 bits per heavy atom. The Morgan fingerprint density at radius 2 is 2.00 bits per heavy atom. The number of hydrogen-bond acceptors (Lipinski definition) is 3. The van der Waals surface area contributed by atoms with Crippen LogP contribution < -0.4 is 4.74 Å². The first-order chi connectivity index (χ1) is 10.1. The van der Waals surface area contributed by atoms with Crippen LogP contribution in [0.5, 0.6) is 5.75 Å². The van der Waals surface area contributed by atoms with E-state index in [2.05, 4.69) is 4.98 Å². The molecule has 0 aliphatic carbocycles. The molecular weight excluding hydrogens is 272 g/mol. The average molecular weight is 288 g/mol. The van der Waals surface area contributed by atoms with Gasteiger partial charge in [-0.1, -0.05) is 0 Å². The molecule has 2 heterocycles. The summed E-state index contributed by atoms with van der Waals surface area (Å²) in [5, 5.41) is 9.69. The third-order valence-corrected chi connectivity index (χ3v) is 3.64. The van der Waals surface area contributed by atoms with Gasteiger partial charge < -0.3 is 19.7 Å². The molecular formula is C15H16N2O4. The molecule has 1 saturated heterocycles. The van der Waals surface area contributed by atoms with Crippen LogP contribution >= 0.6 is 0 Å². The maximum Gasteiger partial charge on any atom is 0.352 e. The zero-order chi connectivity index (χ0) is 14.8. The Bertz CT molecular complexity index is 686. The number of likely N-dealkylation sites (tertiary alicyclic amines) is 1. The Balaban J connectivity index is 1.69. The van der Waals surface area contributed by atoms with Crippen molar-refractivity contribution < 1.29 is 19.4 Å². The minimum absolute atomic E-state index is 0.00658. The molecule has 0 saturated carbocycles. The van der Waals surface area contributed by atoms with Crippen LogP contribution in [0.25, 0.3) is 10.9 Å². The van der Waals surface area contributed by atoms with Gasteiger partial charge in [-0.3, -0.25) is 4.79 Å². The first-order valence-corrected chi connectivity index (χ1v) is 6.90. The van der Waals surface area contributed by atoms with E-state index in [0.29, 0.717) is 5.75 Å². The number of amides is 1. The van der Waals surface area contributed by atoms with Gasteiger partial charge in [-0.2, -0.15) is 0 Å². The number of carbonyl (C=O) groups excluding carboxylic acids is 1. The second-order valence-electron chi connectivity index (χ2n) is 5.11. The molecule has 1 amide bonds. The molecule has 1 aromatic heterocycles. The van der Waals surface area contributed by atoms with Crippen molar-refractivity contribution >= 4 is 22.8 Å². The number of carboxylic acid groups (broad SMARTS) is 1. The maximum atomic E-state index is 11.9. The van der Waals surface area contributed by atoms with Crippen LogP contribution in [0.4, 0.5) is 0 Å². The molecule has 2 aromatic rings. The number of ether oxygens (including phenoxy) is 1. The van der Waals surface area contributed by atoms with Crippen LogP contribution in [0.1, 0.15) is 23.3 Å². The van der Waals surface area contributed by atoms with Gasteiger partial charge in [-0.05, 0) is 37.1 Å². The Labute approximate surface area is 121 Å². The summed E-state index contributed by atoms with van der Waals surface area (Å²) in [5.74, 6) is -0.447. The SMILES string of the molecule is O=C(O)c1cc2cc(OCC(=O)N3CCCC3)ccc2[nH]1. The fraction of sp³-hybridized carbons (Fsp3) is 0.333. The van der Waals surface area contributed by atoms with E-state index >= 15 is 0 Å². The quantitative estimate of drug-likeness (QED) is 0.899. The van der Waals surface area contributed by atoms with E-state index in [-0.39, 0.29) is 18.2 Å². The van der Waals surface area contributed by atoms with Crippen LogP contribution in [-0.2, 0) is 4.79 Å². The monoisotopic (exact) mass is 288 g/mol. The predicted molar refractivity (Wildman–Crippen MR) is 76.6 cm³/mol. The van der Waals surface area contributed by atoms with Gasteiger partial charge in [0.1, 0.15) is 11.4 Å². The lowest BCUT2D eigenvalue weighted by molar-refractivity contribution is -0.132. The normalized spacial score (nSPS) is 14.6. The molecule has 110 valence electrons. The van der Waals surface area contributed by atoms with Gasteiger partial charge in [0.05, 0.1) is 0 Å². The largest absolute Gasteiger partial charge is 0.484 e. The molecule has 0 bridgehead atoms. The van der Waals surface area contributed by atoms with Crippen molar-refractivity contribution in [1.29, 1.82) is 0 Å². The highest BCUT2D eigenvalue weighted by atomic mass is 16.5. The third-order valence-electron chi connectivity index (χ3n) is 3.64. The number of hydrogen-bond donors (Lipinski definition) is 2. The minimum atomic E-state index is -1.00. The van der Waals surface area contributed by atoms with E-state index in [1.807, 2.05) is 0 Å². The summed E-state index contributed by atoms with van der Waals surface area (Å²) < 4.78 is 5.51. The molecule has 6 nitrogen and oxygen atoms in total. The molecule has 6 heteroatoms. The lowest BCUT2D eigenvalue weighted by atomic mass is 10.2. The molecule has 0 spiro atoms. The number of aromatic amines is 1. The van der Waals surface area contributed by atoms with Crippen molar-refractivity contribution in [1.82, 2.24) is 9.88 Å². The van der Waals surface area contributed by atoms with Crippen molar-refractivity contribution in [2.75, 3.05) is 19.7 Å². The topological polar surface area (TPSA) is 82.6 Å². The van der Waals surface area contributed by atoms with Crippen LogP contribution in [0.15, 0.2) is 24.3 Å². The molecule has 0 unspecified atom stereocenters. The number of nitrogens with one attached hydrogen (secondary N) is 1. The van der Waals surface area contributed by atoms with E-state index in [0.717, 1.165) is 36.8 Å². The Kier molecular flexibility index (Phi) is 3.51. The van der Waals surface area contributed by atoms with Crippen LogP contribution in [-0.4, -0.2) is 46.6 Å². The van der Waals surface area contributed by atoms with Gasteiger partial charge in [0.25, 0.3) is 5.91 Å². The summed E-state index contributed by atoms with van der Waals surface area (Å²) in [6, 6.07) is 6.75. The Morgan fingerprint density at radius 3 is 2.71 bits per heavy atom. The summed E-state index contributed by atoms with van der Waals surface area (Å²) in [6.45, 7) is 1.63. The summed E-state index contributed by atoms with van der Waals surface area (Å²) in [7, 11) is 0. The van der Waals surface area contributed by atoms with Crippen LogP contribution in [0, 0.1) is 0 Å². The lowest BCUT2D eigenvalue weighted by Crippen LogP contribution is -2.32. The zero-order valence-corrected chi connectivity index (χ0v) is 11.5. The standard InChI is InChI=1S/C15H16N2O4/c18-14(17-5-1-2-6-17)9-21-11-3-4-12-10(7-11)8-13(16-12)15(19)20/h3-4,7-8,16H,1-2,5-6,9H2,(H,19,20). The average Bonchev–Trinajstić information content (AvgIpc) is 3.13. The van der Waals surface area contributed by atoms with Gasteiger partial charge in [0.2, 0.25) is 0 Å². The number of fused-ring (bicyclic) bond motifs is 1. The predicted octanol–water partition coefficient (Wildman–Crippen LogP) is 1.87. The van der Waals surface area contributed by atoms with E-state index in [9.17, 15) is 9.59 Å². The van der Waals surface area contributed by atoms with Crippen LogP contribution in [0.3, 0.4) is 0 Å². The molecule has 0 atom stereocenters. The number of carboxylic acids is 1. The van der Waals surface area contributed by atoms with E-state index in [1.54, 1.807) is 29.2 Å². The maximum absolute atomic E-state index is 11.9. The number of nitrogens with zero attached hydrogens (tertiary/aromatic N) is 1. The molecule has 1 aromatic carbocycles. The third kappa shape index (κ3) is 2.84. The summed E-state index contributed by atoms with van der Waals surface area (Å²) in [5.41, 5.74) is 0.862. The highest BCUT2D eigenvalue weighted by Crippen LogP contribution is 2.22. The van der Waals surface area contributed by atoms with Crippen molar-refractivity contribution in [3.63, 3.8) is 0 Å². The summed E-state index contributed by atoms with van der Waals surface area (Å²) >= 11 is 0. The van der Waals surface area contributed by atoms with Crippen LogP contribution in [0.2, 0.25) is 0 Å². The fourth-order valence-electron chi connectivity index (χ4n) is 2.52. The second kappa shape index (κ2) is 5.47. The van der Waals surface area contributed by atoms with Crippen molar-refractivity contribution in [3.8, 4) is 5.75 Å². The van der Waals surface area contributed by atoms with E-state index in [4.69, 9.17) is 9.84 Å². The van der Waals surface area contributed by atoms with Crippen molar-refractivity contribution in [2.24, 2.45) is 0 Å². The fourth-order valence-corrected chi connectivity index (χ4v) is 2.52. The van der Waals surface area contributed by atoms with Crippen molar-refractivity contribution in [2.45, 2.75) is 12.8 Å². The van der Waals surface area contributed by atoms with Gasteiger partial charge in [0, 0.05) is 24.0 Å². The molecule has 21 heavy (non-hydrogen) atoms. The number of carbonyl (C=O) groups is 2. The van der Waals surface area contributed by atoms with E-state index in [1.165, 1.54) is 0 Å². The highest BCUT2D eigenvalue weighted by Gasteiger charge is 2.18. The molecule has 3 rings (SSSR count).